The number of imide groups is 1. The number of fused-ring (bicyclic) bond motifs is 5. The average molecular weight is 465 g/mol. The minimum absolute atomic E-state index is 0.144. The molecule has 34 heavy (non-hydrogen) atoms. The molecule has 2 fully saturated rings. The number of benzene rings is 1. The predicted octanol–water partition coefficient (Wildman–Crippen LogP) is 4.48. The molecule has 0 bridgehead atoms. The first-order valence-corrected chi connectivity index (χ1v) is 13.5. The molecule has 0 radical (unpaired) electrons. The van der Waals surface area contributed by atoms with Crippen LogP contribution < -0.4 is 5.32 Å². The number of nitrogens with one attached hydrogen (secondary N) is 1. The van der Waals surface area contributed by atoms with Gasteiger partial charge < -0.3 is 10.4 Å². The van der Waals surface area contributed by atoms with Crippen molar-refractivity contribution in [2.45, 2.75) is 89.7 Å². The highest BCUT2D eigenvalue weighted by Crippen LogP contribution is 2.60. The molecule has 0 spiro atoms. The number of hydrogen-bond acceptors (Lipinski definition) is 4. The Morgan fingerprint density at radius 3 is 2.62 bits per heavy atom. The van der Waals surface area contributed by atoms with Crippen molar-refractivity contribution >= 4 is 11.8 Å². The van der Waals surface area contributed by atoms with Gasteiger partial charge in [0, 0.05) is 24.7 Å². The van der Waals surface area contributed by atoms with Crippen molar-refractivity contribution in [2.24, 2.45) is 17.3 Å². The van der Waals surface area contributed by atoms with Gasteiger partial charge in [0.2, 0.25) is 0 Å². The third kappa shape index (κ3) is 4.37. The number of nitrogens with zero attached hydrogens (tertiary/aromatic N) is 1. The summed E-state index contributed by atoms with van der Waals surface area (Å²) < 4.78 is 0. The molecule has 3 unspecified atom stereocenters. The summed E-state index contributed by atoms with van der Waals surface area (Å²) in [5.41, 5.74) is 4.52. The van der Waals surface area contributed by atoms with Crippen LogP contribution >= 0.6 is 0 Å². The van der Waals surface area contributed by atoms with Crippen LogP contribution in [0.15, 0.2) is 30.4 Å². The Balaban J connectivity index is 1.08. The minimum Gasteiger partial charge on any atom is -0.392 e. The quantitative estimate of drug-likeness (QED) is 0.418. The van der Waals surface area contributed by atoms with Gasteiger partial charge in [-0.05, 0) is 97.8 Å². The molecule has 5 atom stereocenters. The second kappa shape index (κ2) is 9.94. The van der Waals surface area contributed by atoms with Crippen LogP contribution in [0.2, 0.25) is 0 Å². The first-order chi connectivity index (χ1) is 16.5. The Morgan fingerprint density at radius 1 is 1.03 bits per heavy atom. The van der Waals surface area contributed by atoms with Gasteiger partial charge >= 0.3 is 0 Å². The lowest BCUT2D eigenvalue weighted by Crippen LogP contribution is -2.48. The van der Waals surface area contributed by atoms with Gasteiger partial charge in [-0.15, -0.1) is 0 Å². The van der Waals surface area contributed by atoms with Crippen molar-refractivity contribution in [1.82, 2.24) is 10.2 Å². The van der Waals surface area contributed by atoms with Crippen molar-refractivity contribution in [1.29, 1.82) is 0 Å². The molecule has 1 aromatic carbocycles. The van der Waals surface area contributed by atoms with Gasteiger partial charge in [-0.1, -0.05) is 38.0 Å². The molecule has 2 amide bonds. The highest BCUT2D eigenvalue weighted by atomic mass is 16.3. The third-order valence-electron chi connectivity index (χ3n) is 9.57. The van der Waals surface area contributed by atoms with Gasteiger partial charge in [0.05, 0.1) is 6.61 Å². The topological polar surface area (TPSA) is 69.6 Å². The zero-order valence-electron chi connectivity index (χ0n) is 20.6. The lowest BCUT2D eigenvalue weighted by atomic mass is 9.55. The van der Waals surface area contributed by atoms with Crippen molar-refractivity contribution in [3.05, 3.63) is 47.0 Å². The maximum absolute atomic E-state index is 11.6. The number of carbonyl (C=O) groups is 2. The van der Waals surface area contributed by atoms with Crippen LogP contribution in [-0.2, 0) is 22.6 Å². The van der Waals surface area contributed by atoms with E-state index >= 15 is 0 Å². The number of aliphatic hydroxyl groups excluding tert-OH is 1. The number of unbranched alkanes of at least 4 members (excludes halogenated alkanes) is 3. The van der Waals surface area contributed by atoms with E-state index in [1.54, 1.807) is 5.56 Å². The predicted molar refractivity (Wildman–Crippen MR) is 133 cm³/mol. The molecule has 5 rings (SSSR count). The third-order valence-corrected chi connectivity index (χ3v) is 9.57. The van der Waals surface area contributed by atoms with E-state index in [-0.39, 0.29) is 18.4 Å². The van der Waals surface area contributed by atoms with Crippen LogP contribution in [0.3, 0.4) is 0 Å². The number of rotatable bonds is 9. The number of aryl methyl sites for hydroxylation is 1. The van der Waals surface area contributed by atoms with E-state index in [2.05, 4.69) is 30.4 Å². The molecule has 5 heteroatoms. The molecule has 4 aliphatic rings. The maximum atomic E-state index is 11.6. The number of aliphatic hydroxyl groups is 1. The van der Waals surface area contributed by atoms with Gasteiger partial charge in [-0.3, -0.25) is 14.5 Å². The fraction of sp³-hybridized carbons (Fsp3) is 0.655. The Bertz CT molecular complexity index is 939. The number of hydrogen-bond donors (Lipinski definition) is 2. The summed E-state index contributed by atoms with van der Waals surface area (Å²) in [7, 11) is 0. The molecular formula is C29H40N2O3. The van der Waals surface area contributed by atoms with Crippen LogP contribution in [0, 0.1) is 17.3 Å². The van der Waals surface area contributed by atoms with Crippen molar-refractivity contribution < 1.29 is 14.7 Å². The summed E-state index contributed by atoms with van der Waals surface area (Å²) in [6, 6.07) is 7.32. The molecule has 1 aromatic rings. The van der Waals surface area contributed by atoms with E-state index in [9.17, 15) is 14.7 Å². The van der Waals surface area contributed by atoms with Crippen molar-refractivity contribution in [3.8, 4) is 0 Å². The maximum Gasteiger partial charge on any atom is 0.253 e. The zero-order valence-corrected chi connectivity index (χ0v) is 20.6. The molecule has 0 aromatic heterocycles. The first kappa shape index (κ1) is 23.7. The fourth-order valence-electron chi connectivity index (χ4n) is 7.75. The van der Waals surface area contributed by atoms with Gasteiger partial charge in [-0.25, -0.2) is 0 Å². The summed E-state index contributed by atoms with van der Waals surface area (Å²) in [4.78, 5) is 24.6. The molecule has 1 aliphatic heterocycles. The summed E-state index contributed by atoms with van der Waals surface area (Å²) in [5, 5.41) is 13.5. The van der Waals surface area contributed by atoms with Gasteiger partial charge in [0.25, 0.3) is 11.8 Å². The second-order valence-electron chi connectivity index (χ2n) is 11.3. The SMILES string of the molecule is C[C@]12CCC3c4ccc(CO)cc4CCC3C1CC[C@@H]2NCCCCCCN1C(=O)C=CC1=O. The van der Waals surface area contributed by atoms with Gasteiger partial charge in [-0.2, -0.15) is 0 Å². The normalized spacial score (nSPS) is 32.1. The van der Waals surface area contributed by atoms with E-state index in [1.807, 2.05) is 0 Å². The van der Waals surface area contributed by atoms with Gasteiger partial charge in [0.1, 0.15) is 0 Å². The smallest absolute Gasteiger partial charge is 0.253 e. The molecule has 5 nitrogen and oxygen atoms in total. The Labute approximate surface area is 204 Å². The molecule has 3 aliphatic carbocycles. The van der Waals surface area contributed by atoms with Gasteiger partial charge in [0.15, 0.2) is 0 Å². The fourth-order valence-corrected chi connectivity index (χ4v) is 7.75. The standard InChI is InChI=1S/C29H40N2O3/c1-29-15-14-23-22-8-6-20(19-32)18-21(22)7-9-24(23)25(29)10-11-26(29)30-16-4-2-3-5-17-31-27(33)12-13-28(31)34/h6,8,12-13,18,23-26,30,32H,2-5,7,9-11,14-17,19H2,1H3/t23?,24?,25?,26-,29-/m0/s1. The Kier molecular flexibility index (Phi) is 6.95. The van der Waals surface area contributed by atoms with Crippen LogP contribution in [-0.4, -0.2) is 41.0 Å². The summed E-state index contributed by atoms with van der Waals surface area (Å²) in [5.74, 6) is 2.00. The molecule has 184 valence electrons. The van der Waals surface area contributed by atoms with Crippen molar-refractivity contribution in [3.63, 3.8) is 0 Å². The lowest BCUT2D eigenvalue weighted by Gasteiger charge is -2.51. The molecule has 1 heterocycles. The van der Waals surface area contributed by atoms with Crippen LogP contribution in [0.4, 0.5) is 0 Å². The van der Waals surface area contributed by atoms with E-state index < -0.39 is 0 Å². The first-order valence-electron chi connectivity index (χ1n) is 13.5. The second-order valence-corrected chi connectivity index (χ2v) is 11.3. The largest absolute Gasteiger partial charge is 0.392 e. The van der Waals surface area contributed by atoms with E-state index in [4.69, 9.17) is 0 Å². The van der Waals surface area contributed by atoms with E-state index in [0.29, 0.717) is 23.9 Å². The van der Waals surface area contributed by atoms with Crippen molar-refractivity contribution in [2.75, 3.05) is 13.1 Å². The van der Waals surface area contributed by atoms with E-state index in [0.717, 1.165) is 49.6 Å². The van der Waals surface area contributed by atoms with Crippen LogP contribution in [0.5, 0.6) is 0 Å². The molecular weight excluding hydrogens is 424 g/mol. The van der Waals surface area contributed by atoms with E-state index in [1.165, 1.54) is 61.1 Å². The minimum atomic E-state index is -0.165. The van der Waals surface area contributed by atoms with Crippen LogP contribution in [0.1, 0.15) is 87.3 Å². The monoisotopic (exact) mass is 464 g/mol. The molecule has 2 N–H and O–H groups in total. The number of carbonyl (C=O) groups excluding carboxylic acids is 2. The lowest BCUT2D eigenvalue weighted by molar-refractivity contribution is -0.136. The Hall–Kier alpha value is -1.98. The summed E-state index contributed by atoms with van der Waals surface area (Å²) in [6.07, 6.45) is 14.7. The average Bonchev–Trinajstić information content (AvgIpc) is 3.36. The highest BCUT2D eigenvalue weighted by Gasteiger charge is 2.54. The molecule has 0 saturated heterocycles. The number of amides is 2. The zero-order chi connectivity index (χ0) is 23.7. The highest BCUT2D eigenvalue weighted by molar-refractivity contribution is 6.12. The van der Waals surface area contributed by atoms with Crippen LogP contribution in [0.25, 0.3) is 0 Å². The molecule has 2 saturated carbocycles. The summed E-state index contributed by atoms with van der Waals surface area (Å²) in [6.45, 7) is 4.32. The summed E-state index contributed by atoms with van der Waals surface area (Å²) >= 11 is 0. The Morgan fingerprint density at radius 2 is 1.82 bits per heavy atom.